The molecule has 4 heteroatoms. The number of likely N-dealkylation sites (tertiary alicyclic amines) is 1. The van der Waals surface area contributed by atoms with Crippen molar-refractivity contribution < 1.29 is 14.4 Å². The minimum absolute atomic E-state index is 0.223. The normalized spacial score (nSPS) is 32.8. The summed E-state index contributed by atoms with van der Waals surface area (Å²) in [6.07, 6.45) is 3.45. The molecule has 17 heavy (non-hydrogen) atoms. The Morgan fingerprint density at radius 1 is 1.24 bits per heavy atom. The van der Waals surface area contributed by atoms with Crippen LogP contribution in [0.2, 0.25) is 0 Å². The summed E-state index contributed by atoms with van der Waals surface area (Å²) in [4.78, 5) is 36.9. The maximum absolute atomic E-state index is 12.1. The molecular formula is C13H19NO3. The molecule has 0 aromatic heterocycles. The summed E-state index contributed by atoms with van der Waals surface area (Å²) in [5.74, 6) is -0.777. The second-order valence-electron chi connectivity index (χ2n) is 5.29. The van der Waals surface area contributed by atoms with Crippen molar-refractivity contribution in [3.05, 3.63) is 0 Å². The Bertz CT molecular complexity index is 364. The third-order valence-corrected chi connectivity index (χ3v) is 3.90. The molecule has 3 unspecified atom stereocenters. The molecule has 3 amide bonds. The third-order valence-electron chi connectivity index (χ3n) is 3.90. The van der Waals surface area contributed by atoms with Crippen molar-refractivity contribution in [2.45, 2.75) is 46.0 Å². The Morgan fingerprint density at radius 3 is 2.53 bits per heavy atom. The van der Waals surface area contributed by atoms with Gasteiger partial charge in [0.2, 0.25) is 17.7 Å². The number of carbonyl (C=O) groups is 3. The SMILES string of the molecule is CCCC(=O)N1C(=O)C2CCC(C)CC2C1=O. The van der Waals surface area contributed by atoms with Crippen LogP contribution in [-0.2, 0) is 14.4 Å². The molecule has 1 saturated heterocycles. The summed E-state index contributed by atoms with van der Waals surface area (Å²) < 4.78 is 0. The van der Waals surface area contributed by atoms with Gasteiger partial charge < -0.3 is 0 Å². The van der Waals surface area contributed by atoms with Crippen molar-refractivity contribution in [1.29, 1.82) is 0 Å². The van der Waals surface area contributed by atoms with Crippen molar-refractivity contribution in [1.82, 2.24) is 4.90 Å². The first-order valence-corrected chi connectivity index (χ1v) is 6.46. The van der Waals surface area contributed by atoms with Gasteiger partial charge in [-0.15, -0.1) is 0 Å². The lowest BCUT2D eigenvalue weighted by Gasteiger charge is -2.25. The van der Waals surface area contributed by atoms with Crippen LogP contribution in [0.1, 0.15) is 46.0 Å². The summed E-state index contributed by atoms with van der Waals surface area (Å²) >= 11 is 0. The highest BCUT2D eigenvalue weighted by molar-refractivity contribution is 6.17. The summed E-state index contributed by atoms with van der Waals surface area (Å²) in [5.41, 5.74) is 0. The number of nitrogens with zero attached hydrogens (tertiary/aromatic N) is 1. The lowest BCUT2D eigenvalue weighted by molar-refractivity contribution is -0.150. The molecule has 1 saturated carbocycles. The quantitative estimate of drug-likeness (QED) is 0.687. The first-order valence-electron chi connectivity index (χ1n) is 6.46. The van der Waals surface area contributed by atoms with Crippen LogP contribution in [-0.4, -0.2) is 22.6 Å². The minimum Gasteiger partial charge on any atom is -0.274 e. The number of amides is 3. The second kappa shape index (κ2) is 4.59. The molecule has 0 N–H and O–H groups in total. The number of hydrogen-bond acceptors (Lipinski definition) is 3. The van der Waals surface area contributed by atoms with E-state index in [0.717, 1.165) is 24.2 Å². The first kappa shape index (κ1) is 12.3. The number of imide groups is 3. The van der Waals surface area contributed by atoms with Crippen LogP contribution in [0.25, 0.3) is 0 Å². The molecular weight excluding hydrogens is 218 g/mol. The Morgan fingerprint density at radius 2 is 1.88 bits per heavy atom. The second-order valence-corrected chi connectivity index (χ2v) is 5.29. The average molecular weight is 237 g/mol. The molecule has 0 spiro atoms. The van der Waals surface area contributed by atoms with E-state index >= 15 is 0 Å². The van der Waals surface area contributed by atoms with Crippen LogP contribution in [0.3, 0.4) is 0 Å². The number of carbonyl (C=O) groups excluding carboxylic acids is 3. The molecule has 2 fully saturated rings. The Kier molecular flexibility index (Phi) is 3.31. The smallest absolute Gasteiger partial charge is 0.239 e. The highest BCUT2D eigenvalue weighted by Gasteiger charge is 2.51. The maximum atomic E-state index is 12.1. The number of rotatable bonds is 2. The van der Waals surface area contributed by atoms with E-state index in [9.17, 15) is 14.4 Å². The molecule has 1 heterocycles. The topological polar surface area (TPSA) is 54.5 Å². The third kappa shape index (κ3) is 2.01. The molecule has 3 atom stereocenters. The standard InChI is InChI=1S/C13H19NO3/c1-3-4-11(15)14-12(16)9-6-5-8(2)7-10(9)13(14)17/h8-10H,3-7H2,1-2H3. The summed E-state index contributed by atoms with van der Waals surface area (Å²) in [6.45, 7) is 3.97. The van der Waals surface area contributed by atoms with E-state index in [2.05, 4.69) is 6.92 Å². The van der Waals surface area contributed by atoms with E-state index in [-0.39, 0.29) is 36.0 Å². The van der Waals surface area contributed by atoms with Gasteiger partial charge in [0.1, 0.15) is 0 Å². The Hall–Kier alpha value is -1.19. The van der Waals surface area contributed by atoms with Crippen molar-refractivity contribution in [3.63, 3.8) is 0 Å². The molecule has 0 aromatic carbocycles. The minimum atomic E-state index is -0.315. The zero-order chi connectivity index (χ0) is 12.6. The van der Waals surface area contributed by atoms with Crippen molar-refractivity contribution >= 4 is 17.7 Å². The van der Waals surface area contributed by atoms with E-state index in [1.165, 1.54) is 0 Å². The molecule has 94 valence electrons. The molecule has 1 aliphatic carbocycles. The summed E-state index contributed by atoms with van der Waals surface area (Å²) in [6, 6.07) is 0. The van der Waals surface area contributed by atoms with Crippen molar-refractivity contribution in [3.8, 4) is 0 Å². The summed E-state index contributed by atoms with van der Waals surface area (Å²) in [7, 11) is 0. The van der Waals surface area contributed by atoms with Crippen LogP contribution in [0.15, 0.2) is 0 Å². The Balaban J connectivity index is 2.18. The van der Waals surface area contributed by atoms with Gasteiger partial charge in [-0.2, -0.15) is 0 Å². The maximum Gasteiger partial charge on any atom is 0.239 e. The van der Waals surface area contributed by atoms with Gasteiger partial charge in [-0.1, -0.05) is 13.8 Å². The largest absolute Gasteiger partial charge is 0.274 e. The van der Waals surface area contributed by atoms with Gasteiger partial charge in [-0.05, 0) is 31.6 Å². The zero-order valence-electron chi connectivity index (χ0n) is 10.4. The highest BCUT2D eigenvalue weighted by atomic mass is 16.2. The van der Waals surface area contributed by atoms with Gasteiger partial charge in [0.25, 0.3) is 0 Å². The Labute approximate surface area is 101 Å². The number of hydrogen-bond donors (Lipinski definition) is 0. The van der Waals surface area contributed by atoms with E-state index in [1.54, 1.807) is 0 Å². The van der Waals surface area contributed by atoms with Crippen molar-refractivity contribution in [2.75, 3.05) is 0 Å². The van der Waals surface area contributed by atoms with Gasteiger partial charge in [-0.25, -0.2) is 4.90 Å². The molecule has 2 aliphatic rings. The van der Waals surface area contributed by atoms with E-state index < -0.39 is 0 Å². The van der Waals surface area contributed by atoms with Gasteiger partial charge in [0, 0.05) is 6.42 Å². The monoisotopic (exact) mass is 237 g/mol. The fraction of sp³-hybridized carbons (Fsp3) is 0.769. The zero-order valence-corrected chi connectivity index (χ0v) is 10.4. The highest BCUT2D eigenvalue weighted by Crippen LogP contribution is 2.40. The van der Waals surface area contributed by atoms with E-state index in [1.807, 2.05) is 6.92 Å². The first-order chi connectivity index (χ1) is 8.06. The molecule has 1 aliphatic heterocycles. The molecule has 0 radical (unpaired) electrons. The predicted octanol–water partition coefficient (Wildman–Crippen LogP) is 1.73. The predicted molar refractivity (Wildman–Crippen MR) is 61.8 cm³/mol. The van der Waals surface area contributed by atoms with Crippen LogP contribution in [0.4, 0.5) is 0 Å². The fourth-order valence-corrected chi connectivity index (χ4v) is 2.96. The molecule has 4 nitrogen and oxygen atoms in total. The average Bonchev–Trinajstić information content (AvgIpc) is 2.52. The number of fused-ring (bicyclic) bond motifs is 1. The van der Waals surface area contributed by atoms with Crippen LogP contribution >= 0.6 is 0 Å². The van der Waals surface area contributed by atoms with Gasteiger partial charge in [0.15, 0.2) is 0 Å². The van der Waals surface area contributed by atoms with Crippen LogP contribution in [0, 0.1) is 17.8 Å². The van der Waals surface area contributed by atoms with E-state index in [4.69, 9.17) is 0 Å². The van der Waals surface area contributed by atoms with Crippen LogP contribution < -0.4 is 0 Å². The lowest BCUT2D eigenvalue weighted by Crippen LogP contribution is -2.36. The molecule has 0 bridgehead atoms. The van der Waals surface area contributed by atoms with Crippen molar-refractivity contribution in [2.24, 2.45) is 17.8 Å². The van der Waals surface area contributed by atoms with Gasteiger partial charge in [-0.3, -0.25) is 14.4 Å². The fourth-order valence-electron chi connectivity index (χ4n) is 2.96. The van der Waals surface area contributed by atoms with Gasteiger partial charge in [0.05, 0.1) is 11.8 Å². The molecule has 2 rings (SSSR count). The van der Waals surface area contributed by atoms with Crippen LogP contribution in [0.5, 0.6) is 0 Å². The van der Waals surface area contributed by atoms with E-state index in [0.29, 0.717) is 12.3 Å². The molecule has 0 aromatic rings. The lowest BCUT2D eigenvalue weighted by atomic mass is 9.76. The summed E-state index contributed by atoms with van der Waals surface area (Å²) in [5, 5.41) is 0. The van der Waals surface area contributed by atoms with Gasteiger partial charge >= 0.3 is 0 Å².